The molecule has 0 aliphatic carbocycles. The van der Waals surface area contributed by atoms with Gasteiger partial charge in [0, 0.05) is 58.9 Å². The van der Waals surface area contributed by atoms with Crippen LogP contribution < -0.4 is 9.64 Å². The molecule has 0 saturated carbocycles. The van der Waals surface area contributed by atoms with E-state index in [1.54, 1.807) is 27.8 Å². The quantitative estimate of drug-likeness (QED) is 0.152. The van der Waals surface area contributed by atoms with E-state index in [1.165, 1.54) is 0 Å². The Hall–Kier alpha value is -4.44. The third-order valence-corrected chi connectivity index (χ3v) is 10.9. The number of hydrogen-bond donors (Lipinski definition) is 2. The lowest BCUT2D eigenvalue weighted by molar-refractivity contribution is 0.0696. The molecule has 1 amide bonds. The van der Waals surface area contributed by atoms with E-state index < -0.39 is 5.97 Å². The Morgan fingerprint density at radius 1 is 1.00 bits per heavy atom. The number of anilines is 1. The van der Waals surface area contributed by atoms with Crippen molar-refractivity contribution in [1.82, 2.24) is 19.3 Å². The van der Waals surface area contributed by atoms with Crippen LogP contribution in [0.5, 0.6) is 5.75 Å². The van der Waals surface area contributed by atoms with Crippen molar-refractivity contribution in [3.63, 3.8) is 0 Å². The highest BCUT2D eigenvalue weighted by Gasteiger charge is 2.33. The lowest BCUT2D eigenvalue weighted by Crippen LogP contribution is -2.32. The molecule has 0 atom stereocenters. The zero-order valence-electron chi connectivity index (χ0n) is 28.4. The zero-order valence-corrected chi connectivity index (χ0v) is 30.6. The second kappa shape index (κ2) is 13.0. The van der Waals surface area contributed by atoms with E-state index in [0.29, 0.717) is 71.3 Å². The van der Waals surface area contributed by atoms with E-state index in [1.807, 2.05) is 59.0 Å². The number of carboxylic acids is 1. The van der Waals surface area contributed by atoms with Gasteiger partial charge in [-0.2, -0.15) is 5.10 Å². The number of ether oxygens (including phenoxy) is 1. The standard InChI is InChI=1S/C38H36Cl3N5O4/c1-19-14-24(15-20(2)34(19)41)50-13-6-8-25-26-9-10-27(39)33(31-21(3)42-43-22(31)4)35(26)46-12-7-11-45(37(47)36(25)46)30-17-23(38(48)49)16-29-32(30)28(40)18-44(29)5/h9-10,14-18H,6-8,11-13H2,1-5H3,(H,42,43)(H,48,49). The van der Waals surface area contributed by atoms with Gasteiger partial charge in [0.05, 0.1) is 44.6 Å². The Labute approximate surface area is 304 Å². The van der Waals surface area contributed by atoms with Crippen LogP contribution in [0.25, 0.3) is 32.9 Å². The van der Waals surface area contributed by atoms with E-state index in [-0.39, 0.29) is 11.5 Å². The first-order valence-electron chi connectivity index (χ1n) is 16.5. The van der Waals surface area contributed by atoms with Crippen LogP contribution in [0.3, 0.4) is 0 Å². The molecule has 6 aromatic rings. The maximum absolute atomic E-state index is 15.1. The summed E-state index contributed by atoms with van der Waals surface area (Å²) in [6.07, 6.45) is 3.52. The number of amides is 1. The van der Waals surface area contributed by atoms with Gasteiger partial charge in [0.2, 0.25) is 0 Å². The number of hydrogen-bond acceptors (Lipinski definition) is 4. The number of halogens is 3. The molecule has 3 aromatic carbocycles. The van der Waals surface area contributed by atoms with Gasteiger partial charge in [0.15, 0.2) is 0 Å². The second-order valence-corrected chi connectivity index (χ2v) is 14.2. The Kier molecular flexibility index (Phi) is 8.87. The molecule has 0 unspecified atom stereocenters. The monoisotopic (exact) mass is 731 g/mol. The number of nitrogens with one attached hydrogen (secondary N) is 1. The molecule has 0 radical (unpaired) electrons. The molecule has 50 heavy (non-hydrogen) atoms. The number of carbonyl (C=O) groups excluding carboxylic acids is 1. The number of H-pyrrole nitrogens is 1. The van der Waals surface area contributed by atoms with Crippen LogP contribution in [0.15, 0.2) is 42.6 Å². The summed E-state index contributed by atoms with van der Waals surface area (Å²) in [4.78, 5) is 29.0. The molecular formula is C38H36Cl3N5O4. The van der Waals surface area contributed by atoms with E-state index in [9.17, 15) is 9.90 Å². The van der Waals surface area contributed by atoms with Crippen molar-refractivity contribution in [2.45, 2.75) is 53.5 Å². The first-order chi connectivity index (χ1) is 23.9. The Bertz CT molecular complexity index is 2330. The number of aromatic nitrogens is 4. The molecule has 0 spiro atoms. The minimum Gasteiger partial charge on any atom is -0.494 e. The summed E-state index contributed by atoms with van der Waals surface area (Å²) in [7, 11) is 1.81. The van der Waals surface area contributed by atoms with Gasteiger partial charge in [0.25, 0.3) is 5.91 Å². The maximum atomic E-state index is 15.1. The summed E-state index contributed by atoms with van der Waals surface area (Å²) in [6, 6.07) is 10.9. The van der Waals surface area contributed by atoms with E-state index in [0.717, 1.165) is 60.9 Å². The molecule has 258 valence electrons. The molecule has 4 heterocycles. The number of nitrogens with zero attached hydrogens (tertiary/aromatic N) is 4. The average molecular weight is 733 g/mol. The van der Waals surface area contributed by atoms with Crippen LogP contribution in [0.2, 0.25) is 15.1 Å². The highest BCUT2D eigenvalue weighted by Crippen LogP contribution is 2.44. The normalized spacial score (nSPS) is 13.4. The number of rotatable bonds is 8. The molecule has 2 N–H and O–H groups in total. The predicted molar refractivity (Wildman–Crippen MR) is 200 cm³/mol. The maximum Gasteiger partial charge on any atom is 0.335 e. The number of fused-ring (bicyclic) bond motifs is 4. The molecule has 0 bridgehead atoms. The van der Waals surface area contributed by atoms with Gasteiger partial charge < -0.3 is 23.9 Å². The number of carbonyl (C=O) groups is 2. The van der Waals surface area contributed by atoms with Crippen molar-refractivity contribution in [2.24, 2.45) is 7.05 Å². The minimum absolute atomic E-state index is 0.0768. The fourth-order valence-corrected chi connectivity index (χ4v) is 8.12. The van der Waals surface area contributed by atoms with Crippen molar-refractivity contribution in [3.8, 4) is 16.9 Å². The first kappa shape index (κ1) is 34.0. The van der Waals surface area contributed by atoms with Crippen molar-refractivity contribution in [2.75, 3.05) is 18.1 Å². The van der Waals surface area contributed by atoms with Gasteiger partial charge in [-0.15, -0.1) is 0 Å². The fourth-order valence-electron chi connectivity index (χ4n) is 7.42. The second-order valence-electron chi connectivity index (χ2n) is 13.0. The molecule has 3 aromatic heterocycles. The number of aryl methyl sites for hydroxylation is 7. The summed E-state index contributed by atoms with van der Waals surface area (Å²) in [5, 5.41) is 20.9. The third-order valence-electron chi connectivity index (χ3n) is 9.68. The summed E-state index contributed by atoms with van der Waals surface area (Å²) in [5.41, 5.74) is 8.79. The molecule has 0 fully saturated rings. The molecule has 1 aliphatic rings. The highest BCUT2D eigenvalue weighted by atomic mass is 35.5. The van der Waals surface area contributed by atoms with Gasteiger partial charge in [0.1, 0.15) is 11.4 Å². The predicted octanol–water partition coefficient (Wildman–Crippen LogP) is 9.48. The lowest BCUT2D eigenvalue weighted by atomic mass is 9.98. The Balaban J connectivity index is 1.39. The van der Waals surface area contributed by atoms with E-state index >= 15 is 4.79 Å². The molecule has 9 nitrogen and oxygen atoms in total. The number of aromatic amines is 1. The topological polar surface area (TPSA) is 105 Å². The SMILES string of the molecule is Cc1cc(OCCCc2c3n(c4c(-c5c(C)n[nH]c5C)c(Cl)ccc24)CCCN(c2cc(C(=O)O)cc4c2c(Cl)cn4C)C3=O)cc(C)c1Cl. The summed E-state index contributed by atoms with van der Waals surface area (Å²) >= 11 is 20.1. The Morgan fingerprint density at radius 3 is 2.42 bits per heavy atom. The number of benzene rings is 3. The zero-order chi connectivity index (χ0) is 35.6. The highest BCUT2D eigenvalue weighted by molar-refractivity contribution is 6.37. The average Bonchev–Trinajstić information content (AvgIpc) is 3.63. The molecule has 7 rings (SSSR count). The van der Waals surface area contributed by atoms with Gasteiger partial charge in [-0.1, -0.05) is 40.9 Å². The molecule has 1 aliphatic heterocycles. The van der Waals surface area contributed by atoms with Gasteiger partial charge in [-0.25, -0.2) is 4.79 Å². The van der Waals surface area contributed by atoms with Crippen LogP contribution in [0.4, 0.5) is 5.69 Å². The van der Waals surface area contributed by atoms with Gasteiger partial charge >= 0.3 is 5.97 Å². The third kappa shape index (κ3) is 5.61. The molecule has 0 saturated heterocycles. The van der Waals surface area contributed by atoms with Crippen LogP contribution in [-0.2, 0) is 20.0 Å². The smallest absolute Gasteiger partial charge is 0.335 e. The van der Waals surface area contributed by atoms with Crippen molar-refractivity contribution in [3.05, 3.63) is 97.0 Å². The Morgan fingerprint density at radius 2 is 1.74 bits per heavy atom. The van der Waals surface area contributed by atoms with Crippen molar-refractivity contribution >= 4 is 74.2 Å². The molecular weight excluding hydrogens is 697 g/mol. The summed E-state index contributed by atoms with van der Waals surface area (Å²) < 4.78 is 10.1. The van der Waals surface area contributed by atoms with Crippen LogP contribution in [0.1, 0.15) is 61.8 Å². The number of carboxylic acid groups (broad SMARTS) is 1. The van der Waals surface area contributed by atoms with Crippen molar-refractivity contribution < 1.29 is 19.4 Å². The number of aromatic carboxylic acids is 1. The van der Waals surface area contributed by atoms with Crippen LogP contribution in [0, 0.1) is 27.7 Å². The van der Waals surface area contributed by atoms with Gasteiger partial charge in [-0.05, 0) is 94.0 Å². The largest absolute Gasteiger partial charge is 0.494 e. The van der Waals surface area contributed by atoms with Crippen LogP contribution in [-0.4, -0.2) is 49.5 Å². The molecule has 12 heteroatoms. The summed E-state index contributed by atoms with van der Waals surface area (Å²) in [6.45, 7) is 9.15. The van der Waals surface area contributed by atoms with Gasteiger partial charge in [-0.3, -0.25) is 9.89 Å². The van der Waals surface area contributed by atoms with E-state index in [2.05, 4.69) is 14.8 Å². The fraction of sp³-hybridized carbons (Fsp3) is 0.289. The first-order valence-corrected chi connectivity index (χ1v) is 17.6. The summed E-state index contributed by atoms with van der Waals surface area (Å²) in [5.74, 6) is -0.571. The van der Waals surface area contributed by atoms with E-state index in [4.69, 9.17) is 39.5 Å². The lowest BCUT2D eigenvalue weighted by Gasteiger charge is -2.23. The minimum atomic E-state index is -1.08. The van der Waals surface area contributed by atoms with Crippen LogP contribution >= 0.6 is 34.8 Å². The van der Waals surface area contributed by atoms with Crippen molar-refractivity contribution in [1.29, 1.82) is 0 Å².